The second kappa shape index (κ2) is 10.6. The number of aromatic nitrogens is 1. The quantitative estimate of drug-likeness (QED) is 0.342. The Bertz CT molecular complexity index is 1280. The maximum absolute atomic E-state index is 13.3. The van der Waals surface area contributed by atoms with Crippen LogP contribution in [0.3, 0.4) is 0 Å². The summed E-state index contributed by atoms with van der Waals surface area (Å²) < 4.78 is 6.23. The largest absolute Gasteiger partial charge is 0.466 e. The fourth-order valence-corrected chi connectivity index (χ4v) is 6.71. The maximum atomic E-state index is 13.3. The molecule has 0 bridgehead atoms. The van der Waals surface area contributed by atoms with E-state index in [1.165, 1.54) is 18.4 Å². The molecule has 196 valence electrons. The lowest BCUT2D eigenvalue weighted by Crippen LogP contribution is -2.48. The van der Waals surface area contributed by atoms with E-state index in [4.69, 9.17) is 21.3 Å². The summed E-state index contributed by atoms with van der Waals surface area (Å²) in [7, 11) is 1.37. The molecule has 1 saturated carbocycles. The first-order valence-corrected chi connectivity index (χ1v) is 14.6. The monoisotopic (exact) mass is 653 g/mol. The molecule has 1 aromatic carbocycles. The van der Waals surface area contributed by atoms with Crippen LogP contribution >= 0.6 is 45.5 Å². The predicted octanol–water partition coefficient (Wildman–Crippen LogP) is 4.30. The highest BCUT2D eigenvalue weighted by atomic mass is 127. The number of benzene rings is 1. The van der Waals surface area contributed by atoms with Gasteiger partial charge in [0.05, 0.1) is 18.7 Å². The van der Waals surface area contributed by atoms with Crippen molar-refractivity contribution in [1.82, 2.24) is 20.5 Å². The fourth-order valence-electron chi connectivity index (χ4n) is 5.16. The Morgan fingerprint density at radius 2 is 2.16 bits per heavy atom. The first-order valence-electron chi connectivity index (χ1n) is 12.2. The van der Waals surface area contributed by atoms with E-state index >= 15 is 0 Å². The first kappa shape index (κ1) is 26.6. The van der Waals surface area contributed by atoms with Crippen molar-refractivity contribution in [2.75, 3.05) is 20.2 Å². The second-order valence-electron chi connectivity index (χ2n) is 10.2. The van der Waals surface area contributed by atoms with Crippen LogP contribution in [0.25, 0.3) is 0 Å². The highest BCUT2D eigenvalue weighted by Crippen LogP contribution is 2.55. The van der Waals surface area contributed by atoms with Crippen molar-refractivity contribution in [2.24, 2.45) is 10.4 Å². The zero-order chi connectivity index (χ0) is 26.3. The molecule has 2 aliphatic heterocycles. The number of nitrogens with zero attached hydrogens (tertiary/aromatic N) is 3. The highest BCUT2D eigenvalue weighted by Gasteiger charge is 2.54. The summed E-state index contributed by atoms with van der Waals surface area (Å²) >= 11 is 10.3. The Morgan fingerprint density at radius 3 is 2.78 bits per heavy atom. The number of amides is 1. The molecule has 11 heteroatoms. The molecule has 5 rings (SSSR count). The average Bonchev–Trinajstić information content (AvgIpc) is 3.23. The lowest BCUT2D eigenvalue weighted by atomic mass is 9.95. The zero-order valence-corrected chi connectivity index (χ0v) is 24.6. The summed E-state index contributed by atoms with van der Waals surface area (Å²) in [6.45, 7) is 5.13. The van der Waals surface area contributed by atoms with E-state index in [0.29, 0.717) is 39.2 Å². The van der Waals surface area contributed by atoms with Gasteiger partial charge in [0, 0.05) is 50.6 Å². The van der Waals surface area contributed by atoms with Crippen LogP contribution in [0.15, 0.2) is 46.0 Å². The molecule has 1 saturated heterocycles. The summed E-state index contributed by atoms with van der Waals surface area (Å²) in [5, 5.41) is 9.58. The van der Waals surface area contributed by atoms with E-state index in [2.05, 4.69) is 43.1 Å². The van der Waals surface area contributed by atoms with E-state index < -0.39 is 12.0 Å². The Labute approximate surface area is 239 Å². The molecule has 2 aromatic rings. The average molecular weight is 654 g/mol. The molecule has 2 atom stereocenters. The molecular formula is C26H29ClIN5O3S. The number of hydrogen-bond donors (Lipinski definition) is 2. The number of carbonyl (C=O) groups excluding carboxylic acids is 2. The summed E-state index contributed by atoms with van der Waals surface area (Å²) in [4.78, 5) is 38.0. The molecule has 3 heterocycles. The highest BCUT2D eigenvalue weighted by molar-refractivity contribution is 14.1. The van der Waals surface area contributed by atoms with Gasteiger partial charge < -0.3 is 15.4 Å². The van der Waals surface area contributed by atoms with Gasteiger partial charge in [-0.05, 0) is 73.2 Å². The van der Waals surface area contributed by atoms with Gasteiger partial charge in [-0.15, -0.1) is 11.3 Å². The second-order valence-corrected chi connectivity index (χ2v) is 12.7. The van der Waals surface area contributed by atoms with Gasteiger partial charge in [-0.2, -0.15) is 0 Å². The fraction of sp³-hybridized carbons (Fsp3) is 0.462. The van der Waals surface area contributed by atoms with Gasteiger partial charge in [0.15, 0.2) is 10.8 Å². The molecule has 37 heavy (non-hydrogen) atoms. The molecule has 2 fully saturated rings. The summed E-state index contributed by atoms with van der Waals surface area (Å²) in [5.74, 6) is 0.120. The SMILES string of the molecule is COC(=O)C1=C(CN2CC3(CC3)C[C@H]2C(=O)NC(C)C)NC(c2nccs2)=NC1c1ccc(I)cc1Cl. The minimum absolute atomic E-state index is 0.0286. The first-order chi connectivity index (χ1) is 17.7. The number of carbonyl (C=O) groups is 2. The van der Waals surface area contributed by atoms with Gasteiger partial charge in [0.1, 0.15) is 6.04 Å². The van der Waals surface area contributed by atoms with Crippen molar-refractivity contribution in [1.29, 1.82) is 0 Å². The van der Waals surface area contributed by atoms with Crippen LogP contribution in [0, 0.1) is 8.99 Å². The van der Waals surface area contributed by atoms with Gasteiger partial charge in [-0.3, -0.25) is 14.7 Å². The van der Waals surface area contributed by atoms with Crippen LogP contribution in [0.2, 0.25) is 5.02 Å². The predicted molar refractivity (Wildman–Crippen MR) is 153 cm³/mol. The number of hydrogen-bond acceptors (Lipinski definition) is 8. The number of likely N-dealkylation sites (tertiary alicyclic amines) is 1. The molecule has 1 unspecified atom stereocenters. The lowest BCUT2D eigenvalue weighted by molar-refractivity contribution is -0.136. The number of thiazole rings is 1. The van der Waals surface area contributed by atoms with Gasteiger partial charge in [0.25, 0.3) is 0 Å². The molecule has 1 spiro atoms. The van der Waals surface area contributed by atoms with Crippen molar-refractivity contribution >= 4 is 63.2 Å². The number of methoxy groups -OCH3 is 1. The Kier molecular flexibility index (Phi) is 7.63. The van der Waals surface area contributed by atoms with Gasteiger partial charge in [0.2, 0.25) is 5.91 Å². The molecule has 0 radical (unpaired) electrons. The van der Waals surface area contributed by atoms with Crippen LogP contribution in [0.4, 0.5) is 0 Å². The third-order valence-electron chi connectivity index (χ3n) is 7.08. The molecule has 8 nitrogen and oxygen atoms in total. The van der Waals surface area contributed by atoms with Crippen molar-refractivity contribution in [2.45, 2.75) is 51.2 Å². The number of rotatable bonds is 7. The van der Waals surface area contributed by atoms with Crippen LogP contribution in [-0.4, -0.2) is 59.9 Å². The van der Waals surface area contributed by atoms with Crippen molar-refractivity contribution in [3.8, 4) is 0 Å². The maximum Gasteiger partial charge on any atom is 0.338 e. The summed E-state index contributed by atoms with van der Waals surface area (Å²) in [6.07, 6.45) is 4.79. The van der Waals surface area contributed by atoms with Crippen molar-refractivity contribution in [3.63, 3.8) is 0 Å². The van der Waals surface area contributed by atoms with Gasteiger partial charge in [-0.1, -0.05) is 17.7 Å². The van der Waals surface area contributed by atoms with E-state index in [0.717, 1.165) is 29.4 Å². The number of esters is 1. The minimum Gasteiger partial charge on any atom is -0.466 e. The Morgan fingerprint density at radius 1 is 1.38 bits per heavy atom. The number of halogens is 2. The minimum atomic E-state index is -0.674. The Balaban J connectivity index is 1.57. The third-order valence-corrected chi connectivity index (χ3v) is 8.86. The Hall–Kier alpha value is -2.02. The van der Waals surface area contributed by atoms with Gasteiger partial charge in [-0.25, -0.2) is 9.78 Å². The molecule has 2 N–H and O–H groups in total. The third kappa shape index (κ3) is 5.57. The van der Waals surface area contributed by atoms with Crippen LogP contribution in [0.5, 0.6) is 0 Å². The number of nitrogens with one attached hydrogen (secondary N) is 2. The van der Waals surface area contributed by atoms with Crippen molar-refractivity contribution in [3.05, 3.63) is 60.2 Å². The number of amidine groups is 1. The normalized spacial score (nSPS) is 22.7. The standard InChI is InChI=1S/C26H29ClIN5O3S/c1-14(2)30-23(34)19-11-26(6-7-26)13-33(19)12-18-20(25(35)36-3)21(16-5-4-15(28)10-17(16)27)32-22(31-18)24-29-8-9-37-24/h4-5,8-10,14,19,21H,6-7,11-13H2,1-3H3,(H,30,34)(H,31,32)/t19-,21?/m0/s1. The van der Waals surface area contributed by atoms with E-state index in [1.54, 1.807) is 6.20 Å². The number of ether oxygens (including phenoxy) is 1. The van der Waals surface area contributed by atoms with Crippen LogP contribution in [-0.2, 0) is 14.3 Å². The van der Waals surface area contributed by atoms with Crippen molar-refractivity contribution < 1.29 is 14.3 Å². The van der Waals surface area contributed by atoms with E-state index in [9.17, 15) is 9.59 Å². The number of aliphatic imine (C=N–C) groups is 1. The summed E-state index contributed by atoms with van der Waals surface area (Å²) in [6, 6.07) is 4.82. The molecule has 1 aromatic heterocycles. The molecule has 1 aliphatic carbocycles. The molecular weight excluding hydrogens is 625 g/mol. The molecule has 3 aliphatic rings. The smallest absolute Gasteiger partial charge is 0.338 e. The van der Waals surface area contributed by atoms with Gasteiger partial charge >= 0.3 is 5.97 Å². The molecule has 1 amide bonds. The van der Waals surface area contributed by atoms with E-state index in [1.807, 2.05) is 37.4 Å². The lowest BCUT2D eigenvalue weighted by Gasteiger charge is -2.31. The van der Waals surface area contributed by atoms with Crippen LogP contribution in [0.1, 0.15) is 49.7 Å². The van der Waals surface area contributed by atoms with Crippen LogP contribution < -0.4 is 10.6 Å². The summed E-state index contributed by atoms with van der Waals surface area (Å²) in [5.41, 5.74) is 1.95. The zero-order valence-electron chi connectivity index (χ0n) is 20.9. The topological polar surface area (TPSA) is 95.9 Å². The van der Waals surface area contributed by atoms with E-state index in [-0.39, 0.29) is 23.4 Å².